The Balaban J connectivity index is 5.20. The zero-order chi connectivity index (χ0) is 54.3. The first-order chi connectivity index (χ1) is 35.9. The maximum atomic E-state index is 13.5. The SMILES string of the molecule is CC/C=C/C/C=C/C/C=C/CCCCCCC(=O)NC(COP(=O)(O)OCC[N+](C)(C)C)C(/C=C\CCCCCCCCCCC)OC(=O)CCCCCCCCCCCC/C=C\C/C=C\C/C=C\CCCCC. The number of amides is 1. The van der Waals surface area contributed by atoms with Gasteiger partial charge in [0.25, 0.3) is 0 Å². The lowest BCUT2D eigenvalue weighted by atomic mass is 10.0. The minimum atomic E-state index is -4.46. The molecular formula is C64H116N2O7P+. The second-order valence-corrected chi connectivity index (χ2v) is 22.9. The van der Waals surface area contributed by atoms with Gasteiger partial charge in [0.15, 0.2) is 0 Å². The van der Waals surface area contributed by atoms with Crippen LogP contribution >= 0.6 is 7.82 Å². The number of nitrogens with zero attached hydrogens (tertiary/aromatic N) is 1. The molecule has 3 atom stereocenters. The predicted octanol–water partition coefficient (Wildman–Crippen LogP) is 18.6. The number of unbranched alkanes of at least 4 members (excludes halogenated alkanes) is 26. The molecule has 0 bridgehead atoms. The fourth-order valence-electron chi connectivity index (χ4n) is 8.37. The molecule has 0 spiro atoms. The van der Waals surface area contributed by atoms with Gasteiger partial charge < -0.3 is 19.4 Å². The molecule has 1 amide bonds. The predicted molar refractivity (Wildman–Crippen MR) is 318 cm³/mol. The van der Waals surface area contributed by atoms with Crippen molar-refractivity contribution in [1.82, 2.24) is 5.32 Å². The van der Waals surface area contributed by atoms with Gasteiger partial charge in [-0.2, -0.15) is 0 Å². The number of hydrogen-bond acceptors (Lipinski definition) is 6. The summed E-state index contributed by atoms with van der Waals surface area (Å²) in [5.74, 6) is -0.538. The second-order valence-electron chi connectivity index (χ2n) is 21.5. The Morgan fingerprint density at radius 1 is 0.486 bits per heavy atom. The molecular weight excluding hydrogens is 940 g/mol. The lowest BCUT2D eigenvalue weighted by Gasteiger charge is -2.27. The second kappa shape index (κ2) is 53.6. The lowest BCUT2D eigenvalue weighted by Crippen LogP contribution is -2.47. The van der Waals surface area contributed by atoms with E-state index in [0.29, 0.717) is 17.4 Å². The molecule has 0 rings (SSSR count). The normalized spacial score (nSPS) is 14.3. The Labute approximate surface area is 456 Å². The van der Waals surface area contributed by atoms with Crippen molar-refractivity contribution < 1.29 is 37.3 Å². The summed E-state index contributed by atoms with van der Waals surface area (Å²) in [5.41, 5.74) is 0. The molecule has 10 heteroatoms. The van der Waals surface area contributed by atoms with Crippen LogP contribution in [0.1, 0.15) is 258 Å². The topological polar surface area (TPSA) is 111 Å². The molecule has 0 aromatic carbocycles. The van der Waals surface area contributed by atoms with Crippen molar-refractivity contribution in [3.05, 3.63) is 85.1 Å². The van der Waals surface area contributed by atoms with Gasteiger partial charge >= 0.3 is 13.8 Å². The fourth-order valence-corrected chi connectivity index (χ4v) is 9.11. The van der Waals surface area contributed by atoms with E-state index in [1.54, 1.807) is 0 Å². The zero-order valence-electron chi connectivity index (χ0n) is 48.8. The number of phosphoric acid groups is 1. The van der Waals surface area contributed by atoms with Crippen LogP contribution in [0.15, 0.2) is 85.1 Å². The van der Waals surface area contributed by atoms with Crippen LogP contribution in [0.4, 0.5) is 0 Å². The number of nitrogens with one attached hydrogen (secondary N) is 1. The third-order valence-electron chi connectivity index (χ3n) is 13.1. The first-order valence-electron chi connectivity index (χ1n) is 30.4. The van der Waals surface area contributed by atoms with Crippen molar-refractivity contribution in [3.63, 3.8) is 0 Å². The van der Waals surface area contributed by atoms with E-state index in [2.05, 4.69) is 99.0 Å². The van der Waals surface area contributed by atoms with E-state index in [1.165, 1.54) is 122 Å². The Morgan fingerprint density at radius 3 is 1.32 bits per heavy atom. The number of likely N-dealkylation sites (N-methyl/N-ethyl adjacent to an activating group) is 1. The highest BCUT2D eigenvalue weighted by molar-refractivity contribution is 7.47. The van der Waals surface area contributed by atoms with Crippen LogP contribution in [0.25, 0.3) is 0 Å². The molecule has 0 aliphatic heterocycles. The summed E-state index contributed by atoms with van der Waals surface area (Å²) in [7, 11) is 1.47. The molecule has 0 aromatic rings. The molecule has 74 heavy (non-hydrogen) atoms. The summed E-state index contributed by atoms with van der Waals surface area (Å²) in [5, 5.41) is 3.03. The average Bonchev–Trinajstić information content (AvgIpc) is 3.36. The van der Waals surface area contributed by atoms with Crippen LogP contribution in [0.5, 0.6) is 0 Å². The summed E-state index contributed by atoms with van der Waals surface area (Å²) < 4.78 is 30.6. The molecule has 0 radical (unpaired) electrons. The number of hydrogen-bond donors (Lipinski definition) is 2. The van der Waals surface area contributed by atoms with Crippen LogP contribution < -0.4 is 5.32 Å². The maximum Gasteiger partial charge on any atom is 0.472 e. The Bertz CT molecular complexity index is 1540. The number of ether oxygens (including phenoxy) is 1. The van der Waals surface area contributed by atoms with Gasteiger partial charge in [-0.3, -0.25) is 18.6 Å². The van der Waals surface area contributed by atoms with Crippen molar-refractivity contribution in [2.24, 2.45) is 0 Å². The Kier molecular flexibility index (Phi) is 51.5. The summed E-state index contributed by atoms with van der Waals surface area (Å²) in [6.07, 6.45) is 70.1. The van der Waals surface area contributed by atoms with Gasteiger partial charge in [0.2, 0.25) is 5.91 Å². The maximum absolute atomic E-state index is 13.5. The first-order valence-corrected chi connectivity index (χ1v) is 31.9. The van der Waals surface area contributed by atoms with E-state index < -0.39 is 20.0 Å². The van der Waals surface area contributed by atoms with Gasteiger partial charge in [-0.05, 0) is 102 Å². The van der Waals surface area contributed by atoms with E-state index in [4.69, 9.17) is 13.8 Å². The van der Waals surface area contributed by atoms with E-state index in [0.717, 1.165) is 103 Å². The monoisotopic (exact) mass is 1060 g/mol. The molecule has 2 N–H and O–H groups in total. The molecule has 0 heterocycles. The molecule has 0 fully saturated rings. The highest BCUT2D eigenvalue weighted by Crippen LogP contribution is 2.43. The summed E-state index contributed by atoms with van der Waals surface area (Å²) in [6, 6.07) is -0.864. The molecule has 0 saturated heterocycles. The largest absolute Gasteiger partial charge is 0.472 e. The van der Waals surface area contributed by atoms with Crippen LogP contribution in [-0.2, 0) is 27.9 Å². The number of phosphoric ester groups is 1. The smallest absolute Gasteiger partial charge is 0.456 e. The average molecular weight is 1060 g/mol. The summed E-state index contributed by atoms with van der Waals surface area (Å²) in [4.78, 5) is 37.6. The van der Waals surface area contributed by atoms with Crippen molar-refractivity contribution in [2.75, 3.05) is 40.9 Å². The van der Waals surface area contributed by atoms with E-state index >= 15 is 0 Å². The molecule has 3 unspecified atom stereocenters. The number of esters is 1. The van der Waals surface area contributed by atoms with E-state index in [-0.39, 0.29) is 31.5 Å². The van der Waals surface area contributed by atoms with E-state index in [1.807, 2.05) is 33.3 Å². The number of quaternary nitrogens is 1. The third kappa shape index (κ3) is 54.0. The van der Waals surface area contributed by atoms with Gasteiger partial charge in [-0.25, -0.2) is 4.57 Å². The van der Waals surface area contributed by atoms with Gasteiger partial charge in [-0.1, -0.05) is 228 Å². The zero-order valence-corrected chi connectivity index (χ0v) is 49.7. The van der Waals surface area contributed by atoms with Gasteiger partial charge in [0, 0.05) is 12.8 Å². The summed E-state index contributed by atoms with van der Waals surface area (Å²) in [6.45, 7) is 6.84. The fraction of sp³-hybridized carbons (Fsp3) is 0.750. The van der Waals surface area contributed by atoms with Crippen molar-refractivity contribution in [3.8, 4) is 0 Å². The van der Waals surface area contributed by atoms with Crippen molar-refractivity contribution in [1.29, 1.82) is 0 Å². The van der Waals surface area contributed by atoms with Gasteiger partial charge in [0.1, 0.15) is 19.3 Å². The van der Waals surface area contributed by atoms with Crippen LogP contribution in [0, 0.1) is 0 Å². The molecule has 9 nitrogen and oxygen atoms in total. The van der Waals surface area contributed by atoms with Crippen molar-refractivity contribution in [2.45, 2.75) is 270 Å². The lowest BCUT2D eigenvalue weighted by molar-refractivity contribution is -0.870. The third-order valence-corrected chi connectivity index (χ3v) is 14.1. The van der Waals surface area contributed by atoms with Gasteiger partial charge in [0.05, 0.1) is 33.8 Å². The molecule has 0 saturated carbocycles. The van der Waals surface area contributed by atoms with Crippen LogP contribution in [0.3, 0.4) is 0 Å². The number of carbonyl (C=O) groups excluding carboxylic acids is 2. The standard InChI is InChI=1S/C64H115N2O7P/c1-7-10-13-16-19-22-25-27-29-30-31-32-33-34-35-36-37-39-42-45-48-51-54-57-64(68)73-62(55-52-49-46-43-40-24-21-18-15-12-9-3)61(60-72-74(69,70)71-59-58-66(4,5)6)65-63(67)56-53-50-47-44-41-38-28-26-23-20-17-14-11-8-2/h11,14,19-20,22-23,27-29,31-32,38,52,55,61-62H,7-10,12-13,15-18,21,24-26,30,33-37,39-51,53-54,56-60H2,1-6H3,(H-,65,67,69,70)/p+1/b14-11+,22-19-,23-20+,29-27-,32-31-,38-28+,55-52-. The number of allylic oxidation sites excluding steroid dienone is 13. The van der Waals surface area contributed by atoms with E-state index in [9.17, 15) is 19.0 Å². The van der Waals surface area contributed by atoms with Crippen LogP contribution in [0.2, 0.25) is 0 Å². The highest BCUT2D eigenvalue weighted by atomic mass is 31.2. The van der Waals surface area contributed by atoms with Crippen molar-refractivity contribution >= 4 is 19.7 Å². The minimum absolute atomic E-state index is 0.0317. The molecule has 0 aliphatic carbocycles. The van der Waals surface area contributed by atoms with Gasteiger partial charge in [-0.15, -0.1) is 0 Å². The highest BCUT2D eigenvalue weighted by Gasteiger charge is 2.30. The first kappa shape index (κ1) is 71.2. The quantitative estimate of drug-likeness (QED) is 0.0205. The Hall–Kier alpha value is -2.81. The number of rotatable bonds is 54. The molecule has 0 aromatic heterocycles. The summed E-state index contributed by atoms with van der Waals surface area (Å²) >= 11 is 0. The number of carbonyl (C=O) groups is 2. The molecule has 0 aliphatic rings. The van der Waals surface area contributed by atoms with Crippen LogP contribution in [-0.4, -0.2) is 74.3 Å². The molecule has 428 valence electrons. The minimum Gasteiger partial charge on any atom is -0.456 e. The Morgan fingerprint density at radius 2 is 0.865 bits per heavy atom.